The van der Waals surface area contributed by atoms with Gasteiger partial charge in [-0.25, -0.2) is 4.98 Å². The van der Waals surface area contributed by atoms with Crippen LogP contribution in [0, 0.1) is 6.92 Å². The number of para-hydroxylation sites is 1. The molecule has 0 bridgehead atoms. The summed E-state index contributed by atoms with van der Waals surface area (Å²) in [5.74, 6) is 1.80. The Balaban J connectivity index is 1.55. The Morgan fingerprint density at radius 1 is 1.38 bits per heavy atom. The average Bonchev–Trinajstić information content (AvgIpc) is 3.17. The van der Waals surface area contributed by atoms with Crippen LogP contribution >= 0.6 is 0 Å². The highest BCUT2D eigenvalue weighted by Gasteiger charge is 2.43. The minimum Gasteiger partial charge on any atom is -0.487 e. The van der Waals surface area contributed by atoms with E-state index in [-0.39, 0.29) is 17.6 Å². The van der Waals surface area contributed by atoms with E-state index in [9.17, 15) is 4.79 Å². The molecule has 0 radical (unpaired) electrons. The van der Waals surface area contributed by atoms with Gasteiger partial charge in [-0.05, 0) is 38.7 Å². The maximum atomic E-state index is 12.5. The number of hydrogen-bond donors (Lipinski definition) is 1. The third kappa shape index (κ3) is 2.79. The number of carbonyl (C=O) groups excluding carboxylic acids is 1. The van der Waals surface area contributed by atoms with Crippen LogP contribution in [0.15, 0.2) is 36.7 Å². The molecule has 2 aliphatic rings. The number of imidazole rings is 1. The summed E-state index contributed by atoms with van der Waals surface area (Å²) >= 11 is 0. The Hall–Kier alpha value is -2.30. The van der Waals surface area contributed by atoms with Crippen molar-refractivity contribution in [3.63, 3.8) is 0 Å². The second-order valence-corrected chi connectivity index (χ2v) is 6.96. The summed E-state index contributed by atoms with van der Waals surface area (Å²) in [7, 11) is 0. The molecule has 4 rings (SSSR count). The molecule has 1 atom stereocenters. The SMILES string of the molecule is Cc1nccn1CC(=O)N[C@H]1CC2(CCCC2)Oc2ccccc21. The molecular formula is C19H23N3O2. The standard InChI is InChI=1S/C19H23N3O2/c1-14-20-10-11-22(14)13-18(23)21-16-12-19(8-4-5-9-19)24-17-7-3-2-6-15(16)17/h2-3,6-7,10-11,16H,4-5,8-9,12-13H2,1H3,(H,21,23)/t16-/m0/s1. The molecular weight excluding hydrogens is 302 g/mol. The first-order chi connectivity index (χ1) is 11.7. The zero-order valence-electron chi connectivity index (χ0n) is 14.0. The van der Waals surface area contributed by atoms with Gasteiger partial charge in [-0.2, -0.15) is 0 Å². The lowest BCUT2D eigenvalue weighted by Crippen LogP contribution is -2.44. The molecule has 126 valence electrons. The molecule has 1 aromatic carbocycles. The van der Waals surface area contributed by atoms with Crippen LogP contribution in [0.1, 0.15) is 49.5 Å². The summed E-state index contributed by atoms with van der Waals surface area (Å²) in [5.41, 5.74) is 0.989. The summed E-state index contributed by atoms with van der Waals surface area (Å²) in [6.45, 7) is 2.21. The molecule has 1 aliphatic carbocycles. The second-order valence-electron chi connectivity index (χ2n) is 6.96. The van der Waals surface area contributed by atoms with E-state index in [2.05, 4.69) is 16.4 Å². The van der Waals surface area contributed by atoms with Crippen molar-refractivity contribution >= 4 is 5.91 Å². The molecule has 2 aromatic rings. The van der Waals surface area contributed by atoms with Crippen LogP contribution in [0.25, 0.3) is 0 Å². The van der Waals surface area contributed by atoms with Gasteiger partial charge < -0.3 is 14.6 Å². The molecule has 1 N–H and O–H groups in total. The van der Waals surface area contributed by atoms with Crippen LogP contribution in [0.4, 0.5) is 0 Å². The first kappa shape index (κ1) is 15.2. The van der Waals surface area contributed by atoms with Crippen LogP contribution in [-0.4, -0.2) is 21.1 Å². The Morgan fingerprint density at radius 3 is 2.92 bits per heavy atom. The molecule has 24 heavy (non-hydrogen) atoms. The number of ether oxygens (including phenoxy) is 1. The average molecular weight is 325 g/mol. The Morgan fingerprint density at radius 2 is 2.17 bits per heavy atom. The van der Waals surface area contributed by atoms with Crippen molar-refractivity contribution in [2.45, 2.75) is 57.2 Å². The molecule has 0 unspecified atom stereocenters. The smallest absolute Gasteiger partial charge is 0.240 e. The highest BCUT2D eigenvalue weighted by molar-refractivity contribution is 5.76. The third-order valence-electron chi connectivity index (χ3n) is 5.28. The fourth-order valence-electron chi connectivity index (χ4n) is 4.04. The van der Waals surface area contributed by atoms with Crippen molar-refractivity contribution < 1.29 is 9.53 Å². The van der Waals surface area contributed by atoms with Crippen molar-refractivity contribution in [3.05, 3.63) is 48.0 Å². The third-order valence-corrected chi connectivity index (χ3v) is 5.28. The van der Waals surface area contributed by atoms with Gasteiger partial charge in [-0.15, -0.1) is 0 Å². The predicted molar refractivity (Wildman–Crippen MR) is 90.7 cm³/mol. The molecule has 2 heterocycles. The number of amides is 1. The van der Waals surface area contributed by atoms with Gasteiger partial charge in [-0.1, -0.05) is 18.2 Å². The number of carbonyl (C=O) groups is 1. The second kappa shape index (κ2) is 5.96. The zero-order chi connectivity index (χ0) is 16.6. The minimum absolute atomic E-state index is 0.0179. The number of fused-ring (bicyclic) bond motifs is 1. The first-order valence-corrected chi connectivity index (χ1v) is 8.70. The lowest BCUT2D eigenvalue weighted by atomic mass is 9.86. The number of rotatable bonds is 3. The normalized spacial score (nSPS) is 21.3. The summed E-state index contributed by atoms with van der Waals surface area (Å²) in [5, 5.41) is 3.22. The highest BCUT2D eigenvalue weighted by atomic mass is 16.5. The van der Waals surface area contributed by atoms with E-state index in [1.54, 1.807) is 6.20 Å². The van der Waals surface area contributed by atoms with E-state index in [4.69, 9.17) is 4.74 Å². The Labute approximate surface area is 142 Å². The van der Waals surface area contributed by atoms with E-state index in [1.807, 2.05) is 35.9 Å². The van der Waals surface area contributed by atoms with Gasteiger partial charge >= 0.3 is 0 Å². The van der Waals surface area contributed by atoms with Crippen molar-refractivity contribution in [1.82, 2.24) is 14.9 Å². The molecule has 5 nitrogen and oxygen atoms in total. The van der Waals surface area contributed by atoms with Gasteiger partial charge in [0.05, 0.1) is 6.04 Å². The van der Waals surface area contributed by atoms with E-state index < -0.39 is 0 Å². The molecule has 5 heteroatoms. The number of benzene rings is 1. The maximum absolute atomic E-state index is 12.5. The molecule has 1 fully saturated rings. The van der Waals surface area contributed by atoms with Crippen molar-refractivity contribution in [2.24, 2.45) is 0 Å². The van der Waals surface area contributed by atoms with E-state index in [0.29, 0.717) is 6.54 Å². The van der Waals surface area contributed by atoms with Crippen molar-refractivity contribution in [1.29, 1.82) is 0 Å². The zero-order valence-corrected chi connectivity index (χ0v) is 14.0. The number of nitrogens with zero attached hydrogens (tertiary/aromatic N) is 2. The van der Waals surface area contributed by atoms with Gasteiger partial charge in [0.15, 0.2) is 0 Å². The summed E-state index contributed by atoms with van der Waals surface area (Å²) in [4.78, 5) is 16.7. The predicted octanol–water partition coefficient (Wildman–Crippen LogP) is 3.14. The Bertz CT molecular complexity index is 747. The molecule has 1 saturated carbocycles. The summed E-state index contributed by atoms with van der Waals surface area (Å²) < 4.78 is 8.22. The van der Waals surface area contributed by atoms with E-state index in [0.717, 1.165) is 36.4 Å². The fourth-order valence-corrected chi connectivity index (χ4v) is 4.04. The van der Waals surface area contributed by atoms with Gasteiger partial charge in [-0.3, -0.25) is 4.79 Å². The lowest BCUT2D eigenvalue weighted by molar-refractivity contribution is -0.123. The van der Waals surface area contributed by atoms with E-state index >= 15 is 0 Å². The highest BCUT2D eigenvalue weighted by Crippen LogP contribution is 2.46. The monoisotopic (exact) mass is 325 g/mol. The van der Waals surface area contributed by atoms with Crippen LogP contribution in [0.2, 0.25) is 0 Å². The first-order valence-electron chi connectivity index (χ1n) is 8.70. The summed E-state index contributed by atoms with van der Waals surface area (Å²) in [6.07, 6.45) is 8.99. The van der Waals surface area contributed by atoms with Gasteiger partial charge in [0.2, 0.25) is 5.91 Å². The summed E-state index contributed by atoms with van der Waals surface area (Å²) in [6, 6.07) is 8.11. The van der Waals surface area contributed by atoms with Crippen molar-refractivity contribution in [3.8, 4) is 5.75 Å². The number of aromatic nitrogens is 2. The minimum atomic E-state index is -0.1000. The molecule has 1 spiro atoms. The lowest BCUT2D eigenvalue weighted by Gasteiger charge is -2.40. The maximum Gasteiger partial charge on any atom is 0.240 e. The van der Waals surface area contributed by atoms with Gasteiger partial charge in [0.25, 0.3) is 0 Å². The Kier molecular flexibility index (Phi) is 3.79. The van der Waals surface area contributed by atoms with Crippen LogP contribution in [-0.2, 0) is 11.3 Å². The largest absolute Gasteiger partial charge is 0.487 e. The number of hydrogen-bond acceptors (Lipinski definition) is 3. The van der Waals surface area contributed by atoms with Crippen LogP contribution < -0.4 is 10.1 Å². The van der Waals surface area contributed by atoms with E-state index in [1.165, 1.54) is 12.8 Å². The quantitative estimate of drug-likeness (QED) is 0.943. The van der Waals surface area contributed by atoms with Gasteiger partial charge in [0.1, 0.15) is 23.7 Å². The van der Waals surface area contributed by atoms with Crippen LogP contribution in [0.3, 0.4) is 0 Å². The van der Waals surface area contributed by atoms with Crippen LogP contribution in [0.5, 0.6) is 5.75 Å². The molecule has 0 saturated heterocycles. The number of aryl methyl sites for hydroxylation is 1. The molecule has 1 aromatic heterocycles. The fraction of sp³-hybridized carbons (Fsp3) is 0.474. The molecule has 1 amide bonds. The number of nitrogens with one attached hydrogen (secondary N) is 1. The topological polar surface area (TPSA) is 56.2 Å². The molecule has 1 aliphatic heterocycles. The van der Waals surface area contributed by atoms with Crippen molar-refractivity contribution in [2.75, 3.05) is 0 Å². The van der Waals surface area contributed by atoms with Gasteiger partial charge in [0, 0.05) is 24.4 Å².